The number of carbonyl (C=O) groups excluding carboxylic acids is 1. The maximum Gasteiger partial charge on any atom is 0.409 e. The lowest BCUT2D eigenvalue weighted by molar-refractivity contribution is 0.122. The molecule has 0 aliphatic carbocycles. The third-order valence-electron chi connectivity index (χ3n) is 2.02. The van der Waals surface area contributed by atoms with Crippen LogP contribution in [-0.2, 0) is 4.74 Å². The van der Waals surface area contributed by atoms with Gasteiger partial charge in [0.25, 0.3) is 0 Å². The van der Waals surface area contributed by atoms with Crippen molar-refractivity contribution >= 4 is 6.09 Å². The second kappa shape index (κ2) is 4.30. The Hall–Kier alpha value is -0.770. The van der Waals surface area contributed by atoms with Crippen LogP contribution in [0.5, 0.6) is 0 Å². The smallest absolute Gasteiger partial charge is 0.409 e. The average molecular weight is 172 g/mol. The van der Waals surface area contributed by atoms with Crippen LogP contribution in [0.2, 0.25) is 0 Å². The van der Waals surface area contributed by atoms with Crippen molar-refractivity contribution in [2.45, 2.75) is 6.92 Å². The summed E-state index contributed by atoms with van der Waals surface area (Å²) in [6.45, 7) is 5.50. The van der Waals surface area contributed by atoms with Crippen LogP contribution in [0.15, 0.2) is 0 Å². The molecule has 4 heteroatoms. The summed E-state index contributed by atoms with van der Waals surface area (Å²) in [6.07, 6.45) is -0.217. The van der Waals surface area contributed by atoms with E-state index in [1.54, 1.807) is 4.90 Å². The molecule has 0 radical (unpaired) electrons. The van der Waals surface area contributed by atoms with Crippen LogP contribution >= 0.6 is 0 Å². The third-order valence-corrected chi connectivity index (χ3v) is 2.02. The lowest BCUT2D eigenvalue weighted by Crippen LogP contribution is -2.35. The molecule has 4 nitrogen and oxygen atoms in total. The molecule has 70 valence electrons. The number of methoxy groups -OCH3 is 1. The average Bonchev–Trinajstić information content (AvgIpc) is 2.28. The van der Waals surface area contributed by atoms with E-state index in [1.807, 2.05) is 0 Å². The minimum Gasteiger partial charge on any atom is -0.453 e. The highest BCUT2D eigenvalue weighted by molar-refractivity contribution is 5.67. The van der Waals surface area contributed by atoms with Crippen molar-refractivity contribution in [3.05, 3.63) is 0 Å². The van der Waals surface area contributed by atoms with Gasteiger partial charge >= 0.3 is 6.09 Å². The molecule has 1 atom stereocenters. The SMILES string of the molecule is COC(=O)N1CCNCC(C)C1. The van der Waals surface area contributed by atoms with E-state index in [4.69, 9.17) is 0 Å². The van der Waals surface area contributed by atoms with E-state index in [0.717, 1.165) is 26.2 Å². The summed E-state index contributed by atoms with van der Waals surface area (Å²) in [5.74, 6) is 0.506. The Morgan fingerprint density at radius 3 is 3.08 bits per heavy atom. The van der Waals surface area contributed by atoms with E-state index in [1.165, 1.54) is 7.11 Å². The van der Waals surface area contributed by atoms with Gasteiger partial charge in [0.1, 0.15) is 0 Å². The summed E-state index contributed by atoms with van der Waals surface area (Å²) in [7, 11) is 1.42. The van der Waals surface area contributed by atoms with Crippen molar-refractivity contribution in [3.63, 3.8) is 0 Å². The van der Waals surface area contributed by atoms with Gasteiger partial charge < -0.3 is 15.0 Å². The van der Waals surface area contributed by atoms with Gasteiger partial charge in [-0.25, -0.2) is 4.79 Å². The minimum atomic E-state index is -0.217. The molecule has 0 aromatic heterocycles. The number of nitrogens with one attached hydrogen (secondary N) is 1. The van der Waals surface area contributed by atoms with Crippen LogP contribution in [0.25, 0.3) is 0 Å². The normalized spacial score (nSPS) is 24.8. The number of amides is 1. The van der Waals surface area contributed by atoms with Crippen molar-refractivity contribution < 1.29 is 9.53 Å². The molecule has 1 rings (SSSR count). The second-order valence-corrected chi connectivity index (χ2v) is 3.23. The lowest BCUT2D eigenvalue weighted by atomic mass is 10.2. The van der Waals surface area contributed by atoms with Gasteiger partial charge in [0.05, 0.1) is 7.11 Å². The van der Waals surface area contributed by atoms with Crippen LogP contribution in [0.1, 0.15) is 6.92 Å². The topological polar surface area (TPSA) is 41.6 Å². The Morgan fingerprint density at radius 2 is 2.42 bits per heavy atom. The number of hydrogen-bond acceptors (Lipinski definition) is 3. The Balaban J connectivity index is 2.46. The standard InChI is InChI=1S/C8H16N2O2/c1-7-5-9-3-4-10(6-7)8(11)12-2/h7,9H,3-6H2,1-2H3. The van der Waals surface area contributed by atoms with Crippen molar-refractivity contribution in [1.82, 2.24) is 10.2 Å². The molecule has 1 aliphatic heterocycles. The van der Waals surface area contributed by atoms with Crippen LogP contribution in [0, 0.1) is 5.92 Å². The van der Waals surface area contributed by atoms with Crippen LogP contribution in [0.4, 0.5) is 4.79 Å². The molecule has 1 heterocycles. The molecule has 1 fully saturated rings. The molecule has 1 aliphatic rings. The number of nitrogens with zero attached hydrogens (tertiary/aromatic N) is 1. The number of rotatable bonds is 0. The Labute approximate surface area is 72.9 Å². The highest BCUT2D eigenvalue weighted by atomic mass is 16.5. The zero-order valence-corrected chi connectivity index (χ0v) is 7.67. The predicted octanol–water partition coefficient (Wildman–Crippen LogP) is 0.294. The van der Waals surface area contributed by atoms with E-state index >= 15 is 0 Å². The highest BCUT2D eigenvalue weighted by Gasteiger charge is 2.18. The summed E-state index contributed by atoms with van der Waals surface area (Å²) in [6, 6.07) is 0. The van der Waals surface area contributed by atoms with Crippen LogP contribution in [-0.4, -0.2) is 44.3 Å². The van der Waals surface area contributed by atoms with Crippen molar-refractivity contribution in [2.24, 2.45) is 5.92 Å². The Bertz CT molecular complexity index is 161. The maximum absolute atomic E-state index is 11.1. The minimum absolute atomic E-state index is 0.217. The summed E-state index contributed by atoms with van der Waals surface area (Å²) in [4.78, 5) is 12.9. The quantitative estimate of drug-likeness (QED) is 0.571. The van der Waals surface area contributed by atoms with Gasteiger partial charge in [0.15, 0.2) is 0 Å². The molecule has 1 unspecified atom stereocenters. The molecule has 1 N–H and O–H groups in total. The van der Waals surface area contributed by atoms with E-state index < -0.39 is 0 Å². The molecule has 0 aromatic carbocycles. The monoisotopic (exact) mass is 172 g/mol. The van der Waals surface area contributed by atoms with Gasteiger partial charge in [-0.15, -0.1) is 0 Å². The first-order valence-electron chi connectivity index (χ1n) is 4.27. The van der Waals surface area contributed by atoms with Gasteiger partial charge in [-0.3, -0.25) is 0 Å². The zero-order chi connectivity index (χ0) is 8.97. The van der Waals surface area contributed by atoms with E-state index in [0.29, 0.717) is 5.92 Å². The second-order valence-electron chi connectivity index (χ2n) is 3.23. The molecule has 1 amide bonds. The zero-order valence-electron chi connectivity index (χ0n) is 7.67. The van der Waals surface area contributed by atoms with E-state index in [2.05, 4.69) is 17.0 Å². The number of ether oxygens (including phenoxy) is 1. The van der Waals surface area contributed by atoms with Crippen molar-refractivity contribution in [2.75, 3.05) is 33.3 Å². The van der Waals surface area contributed by atoms with Crippen molar-refractivity contribution in [1.29, 1.82) is 0 Å². The van der Waals surface area contributed by atoms with Gasteiger partial charge in [-0.1, -0.05) is 6.92 Å². The molecule has 12 heavy (non-hydrogen) atoms. The summed E-state index contributed by atoms with van der Waals surface area (Å²) < 4.78 is 4.65. The highest BCUT2D eigenvalue weighted by Crippen LogP contribution is 2.03. The Morgan fingerprint density at radius 1 is 1.67 bits per heavy atom. The Kier molecular flexibility index (Phi) is 3.34. The molecule has 0 aromatic rings. The molecule has 1 saturated heterocycles. The first-order chi connectivity index (χ1) is 5.74. The molecular formula is C8H16N2O2. The molecule has 0 saturated carbocycles. The van der Waals surface area contributed by atoms with E-state index in [9.17, 15) is 4.79 Å². The maximum atomic E-state index is 11.1. The molecule has 0 spiro atoms. The first-order valence-corrected chi connectivity index (χ1v) is 4.27. The van der Waals surface area contributed by atoms with E-state index in [-0.39, 0.29) is 6.09 Å². The van der Waals surface area contributed by atoms with Gasteiger partial charge in [-0.05, 0) is 12.5 Å². The third kappa shape index (κ3) is 2.37. The van der Waals surface area contributed by atoms with Gasteiger partial charge in [-0.2, -0.15) is 0 Å². The van der Waals surface area contributed by atoms with Crippen LogP contribution < -0.4 is 5.32 Å². The fraction of sp³-hybridized carbons (Fsp3) is 0.875. The fourth-order valence-electron chi connectivity index (χ4n) is 1.39. The van der Waals surface area contributed by atoms with Crippen LogP contribution in [0.3, 0.4) is 0 Å². The predicted molar refractivity (Wildman–Crippen MR) is 46.0 cm³/mol. The fourth-order valence-corrected chi connectivity index (χ4v) is 1.39. The van der Waals surface area contributed by atoms with Crippen molar-refractivity contribution in [3.8, 4) is 0 Å². The molecular weight excluding hydrogens is 156 g/mol. The van der Waals surface area contributed by atoms with Gasteiger partial charge in [0, 0.05) is 19.6 Å². The number of hydrogen-bond donors (Lipinski definition) is 1. The largest absolute Gasteiger partial charge is 0.453 e. The van der Waals surface area contributed by atoms with Gasteiger partial charge in [0.2, 0.25) is 0 Å². The lowest BCUT2D eigenvalue weighted by Gasteiger charge is -2.20. The molecule has 0 bridgehead atoms. The summed E-state index contributed by atoms with van der Waals surface area (Å²) in [5.41, 5.74) is 0. The first kappa shape index (κ1) is 9.32. The summed E-state index contributed by atoms with van der Waals surface area (Å²) >= 11 is 0. The summed E-state index contributed by atoms with van der Waals surface area (Å²) in [5, 5.41) is 3.26. The number of carbonyl (C=O) groups is 1.